The van der Waals surface area contributed by atoms with E-state index in [-0.39, 0.29) is 5.91 Å². The molecule has 0 fully saturated rings. The summed E-state index contributed by atoms with van der Waals surface area (Å²) in [6.45, 7) is 4.54. The highest BCUT2D eigenvalue weighted by molar-refractivity contribution is 5.92. The second-order valence-corrected chi connectivity index (χ2v) is 8.38. The molecule has 7 heteroatoms. The topological polar surface area (TPSA) is 59.8 Å². The summed E-state index contributed by atoms with van der Waals surface area (Å²) in [6, 6.07) is 16.2. The molecule has 0 atom stereocenters. The maximum Gasteiger partial charge on any atom is 0.274 e. The van der Waals surface area contributed by atoms with Crippen molar-refractivity contribution >= 4 is 5.91 Å². The molecule has 7 nitrogen and oxygen atoms in total. The van der Waals surface area contributed by atoms with Gasteiger partial charge in [-0.1, -0.05) is 30.3 Å². The minimum absolute atomic E-state index is 0.0183. The first-order valence-corrected chi connectivity index (χ1v) is 11.0. The molecule has 0 spiro atoms. The van der Waals surface area contributed by atoms with E-state index in [0.29, 0.717) is 12.2 Å². The lowest BCUT2D eigenvalue weighted by Crippen LogP contribution is -2.36. The molecule has 2 aliphatic heterocycles. The van der Waals surface area contributed by atoms with Gasteiger partial charge >= 0.3 is 0 Å². The third-order valence-corrected chi connectivity index (χ3v) is 6.40. The largest absolute Gasteiger partial charge is 0.497 e. The fourth-order valence-corrected chi connectivity index (χ4v) is 4.61. The van der Waals surface area contributed by atoms with Crippen LogP contribution in [0.25, 0.3) is 0 Å². The summed E-state index contributed by atoms with van der Waals surface area (Å²) >= 11 is 0. The smallest absolute Gasteiger partial charge is 0.274 e. The molecule has 2 aliphatic rings. The fraction of sp³-hybridized carbons (Fsp3) is 0.360. The van der Waals surface area contributed by atoms with E-state index >= 15 is 0 Å². The number of rotatable bonds is 5. The molecule has 0 saturated carbocycles. The Morgan fingerprint density at radius 1 is 0.969 bits per heavy atom. The lowest BCUT2D eigenvalue weighted by atomic mass is 10.00. The zero-order valence-electron chi connectivity index (χ0n) is 18.6. The summed E-state index contributed by atoms with van der Waals surface area (Å²) in [4.78, 5) is 17.4. The number of ether oxygens (including phenoxy) is 2. The van der Waals surface area contributed by atoms with Gasteiger partial charge in [0.2, 0.25) is 0 Å². The van der Waals surface area contributed by atoms with Gasteiger partial charge in [-0.05, 0) is 29.7 Å². The maximum absolute atomic E-state index is 13.2. The van der Waals surface area contributed by atoms with Crippen molar-refractivity contribution in [1.29, 1.82) is 0 Å². The molecular formula is C25H28N4O3. The first-order chi connectivity index (χ1) is 15.6. The first-order valence-electron chi connectivity index (χ1n) is 11.0. The van der Waals surface area contributed by atoms with E-state index < -0.39 is 0 Å². The number of amides is 1. The highest BCUT2D eigenvalue weighted by atomic mass is 16.5. The predicted molar refractivity (Wildman–Crippen MR) is 121 cm³/mol. The molecule has 0 bridgehead atoms. The number of carbonyl (C=O) groups excluding carboxylic acids is 1. The Kier molecular flexibility index (Phi) is 5.57. The molecule has 3 heterocycles. The Morgan fingerprint density at radius 3 is 2.62 bits per heavy atom. The normalized spacial score (nSPS) is 15.8. The van der Waals surface area contributed by atoms with Crippen molar-refractivity contribution in [2.75, 3.05) is 27.3 Å². The lowest BCUT2D eigenvalue weighted by Gasteiger charge is -2.28. The Hall–Kier alpha value is -3.32. The number of carbonyl (C=O) groups is 1. The molecule has 1 amide bonds. The third kappa shape index (κ3) is 3.96. The number of hydrogen-bond donors (Lipinski definition) is 0. The van der Waals surface area contributed by atoms with Crippen molar-refractivity contribution in [3.63, 3.8) is 0 Å². The number of hydrogen-bond acceptors (Lipinski definition) is 5. The van der Waals surface area contributed by atoms with Crippen molar-refractivity contribution < 1.29 is 14.3 Å². The van der Waals surface area contributed by atoms with E-state index in [1.54, 1.807) is 14.2 Å². The van der Waals surface area contributed by atoms with Crippen molar-refractivity contribution in [2.45, 2.75) is 32.6 Å². The van der Waals surface area contributed by atoms with E-state index in [1.165, 1.54) is 11.1 Å². The van der Waals surface area contributed by atoms with Crippen LogP contribution < -0.4 is 9.47 Å². The zero-order valence-corrected chi connectivity index (χ0v) is 18.6. The van der Waals surface area contributed by atoms with Gasteiger partial charge in [-0.15, -0.1) is 0 Å². The van der Waals surface area contributed by atoms with Gasteiger partial charge in [0.05, 0.1) is 26.5 Å². The van der Waals surface area contributed by atoms with E-state index in [2.05, 4.69) is 28.2 Å². The molecule has 32 heavy (non-hydrogen) atoms. The second kappa shape index (κ2) is 8.67. The van der Waals surface area contributed by atoms with Crippen molar-refractivity contribution in [1.82, 2.24) is 19.6 Å². The van der Waals surface area contributed by atoms with Gasteiger partial charge in [-0.3, -0.25) is 14.4 Å². The van der Waals surface area contributed by atoms with Crippen molar-refractivity contribution in [2.24, 2.45) is 0 Å². The van der Waals surface area contributed by atoms with Crippen LogP contribution in [0.1, 0.15) is 32.9 Å². The fourth-order valence-electron chi connectivity index (χ4n) is 4.61. The van der Waals surface area contributed by atoms with Gasteiger partial charge in [0.25, 0.3) is 5.91 Å². The molecule has 0 saturated heterocycles. The monoisotopic (exact) mass is 432 g/mol. The zero-order chi connectivity index (χ0) is 22.1. The Balaban J connectivity index is 1.28. The molecule has 0 N–H and O–H groups in total. The van der Waals surface area contributed by atoms with Crippen LogP contribution in [-0.2, 0) is 32.6 Å². The third-order valence-electron chi connectivity index (χ3n) is 6.40. The van der Waals surface area contributed by atoms with Crippen LogP contribution in [0.3, 0.4) is 0 Å². The molecule has 0 radical (unpaired) electrons. The summed E-state index contributed by atoms with van der Waals surface area (Å²) in [7, 11) is 3.34. The van der Waals surface area contributed by atoms with Gasteiger partial charge < -0.3 is 14.4 Å². The predicted octanol–water partition coefficient (Wildman–Crippen LogP) is 3.11. The first kappa shape index (κ1) is 20.6. The SMILES string of the molecule is COc1ccc(CN2CCn3nc(C(=O)N4CCc5ccccc5C4)cc3C2)c(OC)c1. The summed E-state index contributed by atoms with van der Waals surface area (Å²) < 4.78 is 12.8. The van der Waals surface area contributed by atoms with Crippen LogP contribution >= 0.6 is 0 Å². The van der Waals surface area contributed by atoms with Crippen LogP contribution in [0.5, 0.6) is 11.5 Å². The minimum Gasteiger partial charge on any atom is -0.497 e. The standard InChI is InChI=1S/C25H28N4O3/c1-31-22-8-7-20(24(14-22)32-2)15-27-11-12-29-21(17-27)13-23(26-29)25(30)28-10-9-18-5-3-4-6-19(18)16-28/h3-8,13-14H,9-12,15-17H2,1-2H3. The van der Waals surface area contributed by atoms with Crippen LogP contribution in [0, 0.1) is 0 Å². The van der Waals surface area contributed by atoms with Gasteiger partial charge in [-0.25, -0.2) is 0 Å². The molecular weight excluding hydrogens is 404 g/mol. The molecule has 166 valence electrons. The molecule has 2 aromatic carbocycles. The van der Waals surface area contributed by atoms with Gasteiger partial charge in [0.15, 0.2) is 5.69 Å². The number of methoxy groups -OCH3 is 2. The number of fused-ring (bicyclic) bond motifs is 2. The molecule has 0 aliphatic carbocycles. The summed E-state index contributed by atoms with van der Waals surface area (Å²) in [5, 5.41) is 4.64. The average Bonchev–Trinajstić information content (AvgIpc) is 3.27. The number of aromatic nitrogens is 2. The average molecular weight is 433 g/mol. The highest BCUT2D eigenvalue weighted by Crippen LogP contribution is 2.27. The minimum atomic E-state index is 0.0183. The maximum atomic E-state index is 13.2. The lowest BCUT2D eigenvalue weighted by molar-refractivity contribution is 0.0727. The second-order valence-electron chi connectivity index (χ2n) is 8.38. The summed E-state index contributed by atoms with van der Waals surface area (Å²) in [6.07, 6.45) is 0.896. The molecule has 3 aromatic rings. The van der Waals surface area contributed by atoms with E-state index in [9.17, 15) is 4.79 Å². The van der Waals surface area contributed by atoms with E-state index in [1.807, 2.05) is 39.9 Å². The molecule has 0 unspecified atom stereocenters. The van der Waals surface area contributed by atoms with E-state index in [4.69, 9.17) is 9.47 Å². The quantitative estimate of drug-likeness (QED) is 0.620. The van der Waals surface area contributed by atoms with Crippen LogP contribution in [0.4, 0.5) is 0 Å². The summed E-state index contributed by atoms with van der Waals surface area (Å²) in [5.74, 6) is 1.63. The van der Waals surface area contributed by atoms with Gasteiger partial charge in [0, 0.05) is 44.4 Å². The Labute approximate surface area is 188 Å². The number of benzene rings is 2. The Bertz CT molecular complexity index is 1140. The molecule has 5 rings (SSSR count). The van der Waals surface area contributed by atoms with Crippen LogP contribution in [0.2, 0.25) is 0 Å². The Morgan fingerprint density at radius 2 is 1.81 bits per heavy atom. The number of nitrogens with zero attached hydrogens (tertiary/aromatic N) is 4. The summed E-state index contributed by atoms with van der Waals surface area (Å²) in [5.41, 5.74) is 5.30. The molecule has 1 aromatic heterocycles. The van der Waals surface area contributed by atoms with Crippen LogP contribution in [0.15, 0.2) is 48.5 Å². The van der Waals surface area contributed by atoms with Crippen LogP contribution in [-0.4, -0.2) is 52.8 Å². The van der Waals surface area contributed by atoms with Crippen molar-refractivity contribution in [3.05, 3.63) is 76.6 Å². The highest BCUT2D eigenvalue weighted by Gasteiger charge is 2.26. The van der Waals surface area contributed by atoms with Crippen molar-refractivity contribution in [3.8, 4) is 11.5 Å². The van der Waals surface area contributed by atoms with Gasteiger partial charge in [-0.2, -0.15) is 5.10 Å². The van der Waals surface area contributed by atoms with E-state index in [0.717, 1.165) is 61.9 Å². The van der Waals surface area contributed by atoms with Gasteiger partial charge in [0.1, 0.15) is 11.5 Å².